The summed E-state index contributed by atoms with van der Waals surface area (Å²) in [7, 11) is 0. The number of imidazole rings is 1. The highest BCUT2D eigenvalue weighted by Crippen LogP contribution is 2.22. The van der Waals surface area contributed by atoms with E-state index >= 15 is 0 Å². The molecular weight excluding hydrogens is 226 g/mol. The molecule has 0 aliphatic rings. The Morgan fingerprint density at radius 1 is 1.33 bits per heavy atom. The van der Waals surface area contributed by atoms with Crippen LogP contribution in [0.25, 0.3) is 11.0 Å². The maximum atomic E-state index is 12.1. The fourth-order valence-corrected chi connectivity index (χ4v) is 2.56. The highest BCUT2D eigenvalue weighted by molar-refractivity contribution is 5.74. The molecule has 0 saturated carbocycles. The maximum absolute atomic E-state index is 12.1. The van der Waals surface area contributed by atoms with E-state index in [2.05, 4.69) is 23.8 Å². The second-order valence-electron chi connectivity index (χ2n) is 4.87. The highest BCUT2D eigenvalue weighted by Gasteiger charge is 2.16. The maximum Gasteiger partial charge on any atom is 0.326 e. The van der Waals surface area contributed by atoms with E-state index in [4.69, 9.17) is 0 Å². The second-order valence-corrected chi connectivity index (χ2v) is 4.87. The van der Waals surface area contributed by atoms with E-state index in [9.17, 15) is 4.79 Å². The number of pyridine rings is 1. The van der Waals surface area contributed by atoms with Gasteiger partial charge in [-0.15, -0.1) is 0 Å². The predicted molar refractivity (Wildman–Crippen MR) is 73.9 cm³/mol. The Hall–Kier alpha value is -1.58. The number of fused-ring (bicyclic) bond motifs is 1. The van der Waals surface area contributed by atoms with Crippen LogP contribution < -0.4 is 5.69 Å². The van der Waals surface area contributed by atoms with Crippen molar-refractivity contribution in [3.8, 4) is 0 Å². The lowest BCUT2D eigenvalue weighted by Crippen LogP contribution is -2.22. The van der Waals surface area contributed by atoms with Gasteiger partial charge >= 0.3 is 5.69 Å². The van der Waals surface area contributed by atoms with Gasteiger partial charge in [0, 0.05) is 11.7 Å². The Bertz CT molecular complexity index is 576. The molecule has 2 aromatic rings. The Morgan fingerprint density at radius 3 is 2.61 bits per heavy atom. The molecular formula is C14H21N3O. The van der Waals surface area contributed by atoms with Gasteiger partial charge in [0.15, 0.2) is 0 Å². The molecule has 18 heavy (non-hydrogen) atoms. The van der Waals surface area contributed by atoms with Crippen LogP contribution in [0.1, 0.15) is 51.3 Å². The van der Waals surface area contributed by atoms with Gasteiger partial charge in [-0.2, -0.15) is 0 Å². The summed E-state index contributed by atoms with van der Waals surface area (Å²) in [6.45, 7) is 6.28. The third-order valence-electron chi connectivity index (χ3n) is 3.35. The topological polar surface area (TPSA) is 50.7 Å². The second kappa shape index (κ2) is 5.38. The fourth-order valence-electron chi connectivity index (χ4n) is 2.56. The Morgan fingerprint density at radius 2 is 2.00 bits per heavy atom. The van der Waals surface area contributed by atoms with Crippen molar-refractivity contribution in [1.82, 2.24) is 14.5 Å². The van der Waals surface area contributed by atoms with Gasteiger partial charge in [0.25, 0.3) is 0 Å². The van der Waals surface area contributed by atoms with Gasteiger partial charge in [0.1, 0.15) is 0 Å². The van der Waals surface area contributed by atoms with Crippen LogP contribution in [0, 0.1) is 6.92 Å². The number of nitrogens with one attached hydrogen (secondary N) is 1. The standard InChI is InChI=1S/C14H21N3O/c1-4-6-11(7-5-2)17-13-8-10(3)15-9-12(13)16-14(17)18/h8-9,11H,4-7H2,1-3H3,(H,16,18). The Kier molecular flexibility index (Phi) is 3.84. The van der Waals surface area contributed by atoms with E-state index in [0.29, 0.717) is 6.04 Å². The summed E-state index contributed by atoms with van der Waals surface area (Å²) in [4.78, 5) is 19.2. The number of aryl methyl sites for hydroxylation is 1. The molecule has 2 rings (SSSR count). The van der Waals surface area contributed by atoms with Crippen molar-refractivity contribution in [2.24, 2.45) is 0 Å². The monoisotopic (exact) mass is 247 g/mol. The third-order valence-corrected chi connectivity index (χ3v) is 3.35. The highest BCUT2D eigenvalue weighted by atomic mass is 16.1. The molecule has 4 nitrogen and oxygen atoms in total. The number of rotatable bonds is 5. The van der Waals surface area contributed by atoms with Crippen LogP contribution in [0.4, 0.5) is 0 Å². The van der Waals surface area contributed by atoms with E-state index in [1.807, 2.05) is 17.6 Å². The summed E-state index contributed by atoms with van der Waals surface area (Å²) in [6, 6.07) is 2.29. The van der Waals surface area contributed by atoms with Crippen LogP contribution in [-0.2, 0) is 0 Å². The minimum Gasteiger partial charge on any atom is -0.304 e. The van der Waals surface area contributed by atoms with Crippen molar-refractivity contribution < 1.29 is 0 Å². The molecule has 0 unspecified atom stereocenters. The summed E-state index contributed by atoms with van der Waals surface area (Å²) in [5.74, 6) is 0. The molecule has 4 heteroatoms. The molecule has 0 atom stereocenters. The number of nitrogens with zero attached hydrogens (tertiary/aromatic N) is 2. The van der Waals surface area contributed by atoms with Crippen LogP contribution in [0.5, 0.6) is 0 Å². The average Bonchev–Trinajstić information content (AvgIpc) is 2.64. The van der Waals surface area contributed by atoms with Gasteiger partial charge in [-0.05, 0) is 25.8 Å². The zero-order valence-electron chi connectivity index (χ0n) is 11.4. The largest absolute Gasteiger partial charge is 0.326 e. The molecule has 0 spiro atoms. The van der Waals surface area contributed by atoms with E-state index in [-0.39, 0.29) is 5.69 Å². The molecule has 2 heterocycles. The fraction of sp³-hybridized carbons (Fsp3) is 0.571. The zero-order valence-corrected chi connectivity index (χ0v) is 11.4. The summed E-state index contributed by atoms with van der Waals surface area (Å²) in [5, 5.41) is 0. The SMILES string of the molecule is CCCC(CCC)n1c(=O)[nH]c2cnc(C)cc21. The van der Waals surface area contributed by atoms with Gasteiger partial charge in [0.2, 0.25) is 0 Å². The molecule has 0 bridgehead atoms. The number of hydrogen-bond donors (Lipinski definition) is 1. The molecule has 98 valence electrons. The van der Waals surface area contributed by atoms with E-state index in [1.165, 1.54) is 0 Å². The lowest BCUT2D eigenvalue weighted by molar-refractivity contribution is 0.426. The van der Waals surface area contributed by atoms with Crippen molar-refractivity contribution in [2.45, 2.75) is 52.5 Å². The van der Waals surface area contributed by atoms with Crippen LogP contribution in [-0.4, -0.2) is 14.5 Å². The van der Waals surface area contributed by atoms with E-state index in [0.717, 1.165) is 42.4 Å². The third kappa shape index (κ3) is 2.33. The number of aromatic amines is 1. The molecule has 0 aliphatic carbocycles. The first-order chi connectivity index (χ1) is 8.67. The van der Waals surface area contributed by atoms with E-state index in [1.54, 1.807) is 6.20 Å². The van der Waals surface area contributed by atoms with Crippen molar-refractivity contribution in [3.63, 3.8) is 0 Å². The summed E-state index contributed by atoms with van der Waals surface area (Å²) >= 11 is 0. The number of aromatic nitrogens is 3. The minimum atomic E-state index is -0.00991. The first-order valence-electron chi connectivity index (χ1n) is 6.74. The molecule has 2 aromatic heterocycles. The first kappa shape index (κ1) is 12.9. The summed E-state index contributed by atoms with van der Waals surface area (Å²) in [6.07, 6.45) is 6.02. The van der Waals surface area contributed by atoms with Gasteiger partial charge in [-0.1, -0.05) is 26.7 Å². The zero-order chi connectivity index (χ0) is 13.1. The Labute approximate surface area is 107 Å². The van der Waals surface area contributed by atoms with Crippen LogP contribution in [0.2, 0.25) is 0 Å². The lowest BCUT2D eigenvalue weighted by atomic mass is 10.1. The smallest absolute Gasteiger partial charge is 0.304 e. The quantitative estimate of drug-likeness (QED) is 0.882. The van der Waals surface area contributed by atoms with Crippen molar-refractivity contribution in [3.05, 3.63) is 28.4 Å². The van der Waals surface area contributed by atoms with Crippen LogP contribution >= 0.6 is 0 Å². The van der Waals surface area contributed by atoms with Crippen LogP contribution in [0.3, 0.4) is 0 Å². The normalized spacial score (nSPS) is 11.6. The molecule has 0 aromatic carbocycles. The Balaban J connectivity index is 2.56. The number of hydrogen-bond acceptors (Lipinski definition) is 2. The van der Waals surface area contributed by atoms with Crippen molar-refractivity contribution in [1.29, 1.82) is 0 Å². The van der Waals surface area contributed by atoms with E-state index < -0.39 is 0 Å². The van der Waals surface area contributed by atoms with Gasteiger partial charge in [0.05, 0.1) is 17.2 Å². The summed E-state index contributed by atoms with van der Waals surface area (Å²) in [5.41, 5.74) is 2.76. The van der Waals surface area contributed by atoms with Gasteiger partial charge in [-0.25, -0.2) is 4.79 Å². The minimum absolute atomic E-state index is 0.00991. The molecule has 0 saturated heterocycles. The molecule has 1 N–H and O–H groups in total. The molecule has 0 radical (unpaired) electrons. The van der Waals surface area contributed by atoms with Gasteiger partial charge < -0.3 is 4.98 Å². The average molecular weight is 247 g/mol. The lowest BCUT2D eigenvalue weighted by Gasteiger charge is -2.17. The number of H-pyrrole nitrogens is 1. The first-order valence-corrected chi connectivity index (χ1v) is 6.74. The molecule has 0 aliphatic heterocycles. The molecule has 0 fully saturated rings. The molecule has 0 amide bonds. The van der Waals surface area contributed by atoms with Gasteiger partial charge in [-0.3, -0.25) is 9.55 Å². The van der Waals surface area contributed by atoms with Crippen molar-refractivity contribution in [2.75, 3.05) is 0 Å². The van der Waals surface area contributed by atoms with Crippen molar-refractivity contribution >= 4 is 11.0 Å². The predicted octanol–water partition coefficient (Wildman–Crippen LogP) is 3.17. The van der Waals surface area contributed by atoms with Crippen LogP contribution in [0.15, 0.2) is 17.1 Å². The summed E-state index contributed by atoms with van der Waals surface area (Å²) < 4.78 is 1.91.